The predicted octanol–water partition coefficient (Wildman–Crippen LogP) is 3.98. The molecule has 1 aromatic carbocycles. The summed E-state index contributed by atoms with van der Waals surface area (Å²) in [5.41, 5.74) is 0. The molecule has 158 valence electrons. The summed E-state index contributed by atoms with van der Waals surface area (Å²) < 4.78 is 27.9. The standard InChI is InChI=1S/C18H23ClN4O3S3/c1-12(2)11-27-18-22-21-17(28-18)20-16(24)13-4-3-9-23(10-13)29(25,26)15-7-5-14(19)6-8-15/h5-8,12-13H,3-4,9-11H2,1-2H3,(H,20,21,24)/t13-/m1/s1. The third-order valence-electron chi connectivity index (χ3n) is 4.38. The molecule has 0 radical (unpaired) electrons. The minimum absolute atomic E-state index is 0.143. The molecule has 1 fully saturated rings. The molecule has 1 aromatic heterocycles. The number of halogens is 1. The van der Waals surface area contributed by atoms with Crippen molar-refractivity contribution >= 4 is 55.8 Å². The van der Waals surface area contributed by atoms with Crippen molar-refractivity contribution in [3.8, 4) is 0 Å². The first-order valence-corrected chi connectivity index (χ1v) is 12.9. The summed E-state index contributed by atoms with van der Waals surface area (Å²) in [6.07, 6.45) is 1.25. The zero-order valence-corrected chi connectivity index (χ0v) is 19.4. The van der Waals surface area contributed by atoms with Gasteiger partial charge in [-0.3, -0.25) is 4.79 Å². The number of nitrogens with one attached hydrogen (secondary N) is 1. The van der Waals surface area contributed by atoms with Crippen LogP contribution in [0.4, 0.5) is 5.13 Å². The number of amides is 1. The molecule has 0 saturated carbocycles. The van der Waals surface area contributed by atoms with Crippen LogP contribution >= 0.6 is 34.7 Å². The average Bonchev–Trinajstić information content (AvgIpc) is 3.14. The molecule has 1 amide bonds. The molecule has 3 rings (SSSR count). The van der Waals surface area contributed by atoms with Crippen LogP contribution in [-0.2, 0) is 14.8 Å². The number of rotatable bonds is 7. The van der Waals surface area contributed by atoms with E-state index < -0.39 is 15.9 Å². The normalized spacial score (nSPS) is 18.1. The number of nitrogens with zero attached hydrogens (tertiary/aromatic N) is 3. The van der Waals surface area contributed by atoms with E-state index >= 15 is 0 Å². The van der Waals surface area contributed by atoms with Crippen molar-refractivity contribution in [2.75, 3.05) is 24.2 Å². The van der Waals surface area contributed by atoms with Crippen LogP contribution in [0.15, 0.2) is 33.5 Å². The van der Waals surface area contributed by atoms with Gasteiger partial charge in [0.15, 0.2) is 4.34 Å². The van der Waals surface area contributed by atoms with E-state index in [1.54, 1.807) is 23.9 Å². The van der Waals surface area contributed by atoms with Gasteiger partial charge in [-0.25, -0.2) is 8.42 Å². The Balaban J connectivity index is 1.63. The third-order valence-corrected chi connectivity index (χ3v) is 8.91. The number of sulfonamides is 1. The van der Waals surface area contributed by atoms with E-state index in [2.05, 4.69) is 29.4 Å². The Hall–Kier alpha value is -1.20. The minimum atomic E-state index is -3.66. The van der Waals surface area contributed by atoms with Gasteiger partial charge in [-0.15, -0.1) is 10.2 Å². The van der Waals surface area contributed by atoms with Crippen LogP contribution < -0.4 is 5.32 Å². The van der Waals surface area contributed by atoms with Gasteiger partial charge >= 0.3 is 0 Å². The molecule has 0 unspecified atom stereocenters. The lowest BCUT2D eigenvalue weighted by Crippen LogP contribution is -2.43. The van der Waals surface area contributed by atoms with Gasteiger partial charge in [0.1, 0.15) is 0 Å². The Morgan fingerprint density at radius 2 is 2.07 bits per heavy atom. The Kier molecular flexibility index (Phi) is 7.55. The predicted molar refractivity (Wildman–Crippen MR) is 117 cm³/mol. The smallest absolute Gasteiger partial charge is 0.243 e. The maximum atomic E-state index is 12.9. The summed E-state index contributed by atoms with van der Waals surface area (Å²) >= 11 is 8.80. The van der Waals surface area contributed by atoms with Gasteiger partial charge in [0.25, 0.3) is 0 Å². The van der Waals surface area contributed by atoms with Crippen LogP contribution in [0.25, 0.3) is 0 Å². The number of hydrogen-bond donors (Lipinski definition) is 1. The fourth-order valence-corrected chi connectivity index (χ4v) is 6.28. The summed E-state index contributed by atoms with van der Waals surface area (Å²) in [5, 5.41) is 11.8. The highest BCUT2D eigenvalue weighted by atomic mass is 35.5. The summed E-state index contributed by atoms with van der Waals surface area (Å²) in [5.74, 6) is 0.819. The Morgan fingerprint density at radius 3 is 2.76 bits per heavy atom. The number of piperidine rings is 1. The first-order chi connectivity index (χ1) is 13.8. The zero-order valence-electron chi connectivity index (χ0n) is 16.2. The van der Waals surface area contributed by atoms with Crippen molar-refractivity contribution in [2.45, 2.75) is 35.9 Å². The number of benzene rings is 1. The molecule has 1 saturated heterocycles. The fraction of sp³-hybridized carbons (Fsp3) is 0.500. The first-order valence-electron chi connectivity index (χ1n) is 9.28. The molecule has 1 atom stereocenters. The molecule has 0 spiro atoms. The lowest BCUT2D eigenvalue weighted by Gasteiger charge is -2.31. The highest BCUT2D eigenvalue weighted by molar-refractivity contribution is 8.01. The van der Waals surface area contributed by atoms with Gasteiger partial charge in [-0.1, -0.05) is 48.5 Å². The van der Waals surface area contributed by atoms with Crippen LogP contribution in [0, 0.1) is 11.8 Å². The molecule has 0 aliphatic carbocycles. The van der Waals surface area contributed by atoms with Gasteiger partial charge in [-0.05, 0) is 43.0 Å². The summed E-state index contributed by atoms with van der Waals surface area (Å²) in [6, 6.07) is 6.07. The molecule has 1 aliphatic rings. The number of aromatic nitrogens is 2. The van der Waals surface area contributed by atoms with Gasteiger partial charge in [0, 0.05) is 23.9 Å². The average molecular weight is 475 g/mol. The largest absolute Gasteiger partial charge is 0.300 e. The first kappa shape index (κ1) is 22.5. The zero-order chi connectivity index (χ0) is 21.0. The van der Waals surface area contributed by atoms with Gasteiger partial charge in [-0.2, -0.15) is 4.31 Å². The lowest BCUT2D eigenvalue weighted by molar-refractivity contribution is -0.120. The Morgan fingerprint density at radius 1 is 1.34 bits per heavy atom. The Bertz CT molecular complexity index is 948. The molecular formula is C18H23ClN4O3S3. The maximum absolute atomic E-state index is 12.9. The van der Waals surface area contributed by atoms with E-state index in [9.17, 15) is 13.2 Å². The highest BCUT2D eigenvalue weighted by Crippen LogP contribution is 2.29. The minimum Gasteiger partial charge on any atom is -0.300 e. The highest BCUT2D eigenvalue weighted by Gasteiger charge is 2.33. The molecule has 2 heterocycles. The quantitative estimate of drug-likeness (QED) is 0.482. The van der Waals surface area contributed by atoms with Crippen molar-refractivity contribution in [1.82, 2.24) is 14.5 Å². The molecule has 1 N–H and O–H groups in total. The third kappa shape index (κ3) is 5.91. The molecule has 7 nitrogen and oxygen atoms in total. The number of carbonyl (C=O) groups excluding carboxylic acids is 1. The second kappa shape index (κ2) is 9.74. The molecule has 2 aromatic rings. The van der Waals surface area contributed by atoms with Crippen LogP contribution in [0.1, 0.15) is 26.7 Å². The van der Waals surface area contributed by atoms with Crippen molar-refractivity contribution in [3.63, 3.8) is 0 Å². The summed E-state index contributed by atoms with van der Waals surface area (Å²) in [4.78, 5) is 12.9. The number of anilines is 1. The molecule has 0 bridgehead atoms. The number of hydrogen-bond acceptors (Lipinski definition) is 7. The molecule has 29 heavy (non-hydrogen) atoms. The maximum Gasteiger partial charge on any atom is 0.243 e. The van der Waals surface area contributed by atoms with Crippen molar-refractivity contribution in [1.29, 1.82) is 0 Å². The Labute approximate surface area is 184 Å². The number of carbonyl (C=O) groups is 1. The second-order valence-electron chi connectivity index (χ2n) is 7.22. The van der Waals surface area contributed by atoms with Gasteiger partial charge in [0.2, 0.25) is 21.1 Å². The van der Waals surface area contributed by atoms with Crippen LogP contribution in [-0.4, -0.2) is 47.7 Å². The molecule has 1 aliphatic heterocycles. The lowest BCUT2D eigenvalue weighted by atomic mass is 9.99. The summed E-state index contributed by atoms with van der Waals surface area (Å²) in [6.45, 7) is 4.79. The molecule has 11 heteroatoms. The van der Waals surface area contributed by atoms with Crippen LogP contribution in [0.3, 0.4) is 0 Å². The SMILES string of the molecule is CC(C)CSc1nnc(NC(=O)[C@@H]2CCCN(S(=O)(=O)c3ccc(Cl)cc3)C2)s1. The van der Waals surface area contributed by atoms with E-state index in [1.165, 1.54) is 27.8 Å². The fourth-order valence-electron chi connectivity index (χ4n) is 2.89. The van der Waals surface area contributed by atoms with E-state index in [0.29, 0.717) is 35.5 Å². The van der Waals surface area contributed by atoms with Crippen molar-refractivity contribution in [3.05, 3.63) is 29.3 Å². The van der Waals surface area contributed by atoms with Gasteiger partial charge < -0.3 is 5.32 Å². The van der Waals surface area contributed by atoms with Gasteiger partial charge in [0.05, 0.1) is 10.8 Å². The summed E-state index contributed by atoms with van der Waals surface area (Å²) in [7, 11) is -3.66. The van der Waals surface area contributed by atoms with Crippen LogP contribution in [0.5, 0.6) is 0 Å². The van der Waals surface area contributed by atoms with E-state index in [1.807, 2.05) is 0 Å². The number of thioether (sulfide) groups is 1. The topological polar surface area (TPSA) is 92.3 Å². The van der Waals surface area contributed by atoms with E-state index in [-0.39, 0.29) is 17.3 Å². The molecular weight excluding hydrogens is 452 g/mol. The van der Waals surface area contributed by atoms with E-state index in [0.717, 1.165) is 10.1 Å². The van der Waals surface area contributed by atoms with Crippen molar-refractivity contribution < 1.29 is 13.2 Å². The monoisotopic (exact) mass is 474 g/mol. The van der Waals surface area contributed by atoms with Crippen LogP contribution in [0.2, 0.25) is 5.02 Å². The van der Waals surface area contributed by atoms with E-state index in [4.69, 9.17) is 11.6 Å². The second-order valence-corrected chi connectivity index (χ2v) is 11.8. The van der Waals surface area contributed by atoms with Crippen molar-refractivity contribution in [2.24, 2.45) is 11.8 Å².